The summed E-state index contributed by atoms with van der Waals surface area (Å²) in [5.41, 5.74) is 1.42. The third-order valence-electron chi connectivity index (χ3n) is 1.74. The van der Waals surface area contributed by atoms with E-state index in [2.05, 4.69) is 5.32 Å². The zero-order valence-corrected chi connectivity index (χ0v) is 7.86. The molecule has 1 aromatic rings. The van der Waals surface area contributed by atoms with Crippen molar-refractivity contribution < 1.29 is 9.59 Å². The standard InChI is InChI=1S/C11H11NO2/c1-12-11(14)10-6-2-4-9(8-10)5-3-7-13/h2-8H,1H3,(H,12,14)/b5-3+. The first-order valence-electron chi connectivity index (χ1n) is 4.22. The van der Waals surface area contributed by atoms with Crippen molar-refractivity contribution in [3.63, 3.8) is 0 Å². The molecule has 14 heavy (non-hydrogen) atoms. The normalized spacial score (nSPS) is 10.1. The number of hydrogen-bond acceptors (Lipinski definition) is 2. The van der Waals surface area contributed by atoms with E-state index in [4.69, 9.17) is 0 Å². The van der Waals surface area contributed by atoms with Gasteiger partial charge in [0.25, 0.3) is 5.91 Å². The molecule has 0 saturated heterocycles. The molecule has 0 aliphatic rings. The zero-order valence-electron chi connectivity index (χ0n) is 7.86. The van der Waals surface area contributed by atoms with Crippen molar-refractivity contribution in [3.05, 3.63) is 41.5 Å². The van der Waals surface area contributed by atoms with Crippen LogP contribution < -0.4 is 5.32 Å². The number of rotatable bonds is 3. The van der Waals surface area contributed by atoms with Gasteiger partial charge in [-0.15, -0.1) is 0 Å². The van der Waals surface area contributed by atoms with Crippen molar-refractivity contribution in [1.82, 2.24) is 5.32 Å². The Balaban J connectivity index is 2.94. The fourth-order valence-electron chi connectivity index (χ4n) is 1.08. The van der Waals surface area contributed by atoms with Crippen LogP contribution in [0, 0.1) is 0 Å². The molecule has 0 bridgehead atoms. The van der Waals surface area contributed by atoms with Gasteiger partial charge in [0.1, 0.15) is 6.29 Å². The number of benzene rings is 1. The maximum Gasteiger partial charge on any atom is 0.251 e. The highest BCUT2D eigenvalue weighted by atomic mass is 16.1. The lowest BCUT2D eigenvalue weighted by Crippen LogP contribution is -2.17. The van der Waals surface area contributed by atoms with Crippen molar-refractivity contribution in [2.24, 2.45) is 0 Å². The van der Waals surface area contributed by atoms with E-state index in [0.717, 1.165) is 5.56 Å². The average molecular weight is 189 g/mol. The van der Waals surface area contributed by atoms with Crippen molar-refractivity contribution in [2.45, 2.75) is 0 Å². The fraction of sp³-hybridized carbons (Fsp3) is 0.0909. The van der Waals surface area contributed by atoms with Crippen LogP contribution in [0.3, 0.4) is 0 Å². The summed E-state index contributed by atoms with van der Waals surface area (Å²) in [7, 11) is 1.58. The van der Waals surface area contributed by atoms with Gasteiger partial charge >= 0.3 is 0 Å². The number of carbonyl (C=O) groups is 2. The molecule has 1 aromatic carbocycles. The Morgan fingerprint density at radius 2 is 2.21 bits per heavy atom. The number of nitrogens with one attached hydrogen (secondary N) is 1. The van der Waals surface area contributed by atoms with Gasteiger partial charge in [0.05, 0.1) is 0 Å². The van der Waals surface area contributed by atoms with Crippen LogP contribution in [0.2, 0.25) is 0 Å². The predicted molar refractivity (Wildman–Crippen MR) is 54.9 cm³/mol. The van der Waals surface area contributed by atoms with Gasteiger partial charge in [-0.2, -0.15) is 0 Å². The van der Waals surface area contributed by atoms with Crippen LogP contribution in [0.5, 0.6) is 0 Å². The van der Waals surface area contributed by atoms with E-state index in [0.29, 0.717) is 11.8 Å². The van der Waals surface area contributed by atoms with Crippen LogP contribution in [0.25, 0.3) is 6.08 Å². The van der Waals surface area contributed by atoms with Gasteiger partial charge in [-0.3, -0.25) is 9.59 Å². The predicted octanol–water partition coefficient (Wildman–Crippen LogP) is 1.26. The van der Waals surface area contributed by atoms with Crippen LogP contribution in [0.15, 0.2) is 30.3 Å². The first-order valence-corrected chi connectivity index (χ1v) is 4.22. The molecule has 0 saturated carbocycles. The Labute approximate surface area is 82.4 Å². The Bertz CT molecular complexity index is 369. The second-order valence-corrected chi connectivity index (χ2v) is 2.70. The number of aldehydes is 1. The summed E-state index contributed by atoms with van der Waals surface area (Å²) in [6.45, 7) is 0. The number of hydrogen-bond donors (Lipinski definition) is 1. The molecule has 72 valence electrons. The second kappa shape index (κ2) is 4.97. The molecule has 0 heterocycles. The molecule has 3 heteroatoms. The minimum atomic E-state index is -0.133. The van der Waals surface area contributed by atoms with Gasteiger partial charge < -0.3 is 5.32 Å². The van der Waals surface area contributed by atoms with Crippen molar-refractivity contribution in [2.75, 3.05) is 7.05 Å². The average Bonchev–Trinajstić information content (AvgIpc) is 2.25. The highest BCUT2D eigenvalue weighted by Crippen LogP contribution is 2.06. The molecule has 0 atom stereocenters. The van der Waals surface area contributed by atoms with Crippen LogP contribution in [0.1, 0.15) is 15.9 Å². The number of carbonyl (C=O) groups excluding carboxylic acids is 2. The van der Waals surface area contributed by atoms with Gasteiger partial charge in [0, 0.05) is 12.6 Å². The summed E-state index contributed by atoms with van der Waals surface area (Å²) in [5.74, 6) is -0.133. The summed E-state index contributed by atoms with van der Waals surface area (Å²) < 4.78 is 0. The molecule has 0 radical (unpaired) electrons. The van der Waals surface area contributed by atoms with Gasteiger partial charge in [-0.25, -0.2) is 0 Å². The van der Waals surface area contributed by atoms with E-state index in [-0.39, 0.29) is 5.91 Å². The smallest absolute Gasteiger partial charge is 0.251 e. The van der Waals surface area contributed by atoms with Crippen molar-refractivity contribution in [3.8, 4) is 0 Å². The Morgan fingerprint density at radius 3 is 2.86 bits per heavy atom. The van der Waals surface area contributed by atoms with E-state index in [9.17, 15) is 9.59 Å². The molecular weight excluding hydrogens is 178 g/mol. The third-order valence-corrected chi connectivity index (χ3v) is 1.74. The SMILES string of the molecule is CNC(=O)c1cccc(/C=C/C=O)c1. The first kappa shape index (κ1) is 10.2. The Kier molecular flexibility index (Phi) is 3.61. The Morgan fingerprint density at radius 1 is 1.43 bits per heavy atom. The highest BCUT2D eigenvalue weighted by Gasteiger charge is 2.01. The van der Waals surface area contributed by atoms with Crippen LogP contribution in [0.4, 0.5) is 0 Å². The molecular formula is C11H11NO2. The van der Waals surface area contributed by atoms with Crippen molar-refractivity contribution in [1.29, 1.82) is 0 Å². The molecule has 1 rings (SSSR count). The van der Waals surface area contributed by atoms with E-state index in [1.165, 1.54) is 6.08 Å². The third kappa shape index (κ3) is 2.55. The van der Waals surface area contributed by atoms with Crippen LogP contribution in [-0.2, 0) is 4.79 Å². The van der Waals surface area contributed by atoms with Gasteiger partial charge in [-0.05, 0) is 23.8 Å². The molecule has 1 amide bonds. The Hall–Kier alpha value is -1.90. The number of allylic oxidation sites excluding steroid dienone is 1. The molecule has 0 unspecified atom stereocenters. The van der Waals surface area contributed by atoms with Crippen molar-refractivity contribution >= 4 is 18.3 Å². The van der Waals surface area contributed by atoms with E-state index in [1.54, 1.807) is 31.3 Å². The van der Waals surface area contributed by atoms with Gasteiger partial charge in [0.15, 0.2) is 0 Å². The summed E-state index contributed by atoms with van der Waals surface area (Å²) in [4.78, 5) is 21.3. The maximum atomic E-state index is 11.2. The molecule has 0 fully saturated rings. The second-order valence-electron chi connectivity index (χ2n) is 2.70. The highest BCUT2D eigenvalue weighted by molar-refractivity contribution is 5.94. The summed E-state index contributed by atoms with van der Waals surface area (Å²) in [6.07, 6.45) is 3.75. The number of amides is 1. The minimum Gasteiger partial charge on any atom is -0.355 e. The summed E-state index contributed by atoms with van der Waals surface area (Å²) in [5, 5.41) is 2.53. The minimum absolute atomic E-state index is 0.133. The molecule has 0 spiro atoms. The molecule has 0 aliphatic heterocycles. The first-order chi connectivity index (χ1) is 6.77. The fourth-order valence-corrected chi connectivity index (χ4v) is 1.08. The van der Waals surface area contributed by atoms with E-state index < -0.39 is 0 Å². The molecule has 0 aliphatic carbocycles. The maximum absolute atomic E-state index is 11.2. The largest absolute Gasteiger partial charge is 0.355 e. The molecule has 3 nitrogen and oxygen atoms in total. The van der Waals surface area contributed by atoms with Gasteiger partial charge in [0.2, 0.25) is 0 Å². The lowest BCUT2D eigenvalue weighted by Gasteiger charge is -2.00. The lowest BCUT2D eigenvalue weighted by atomic mass is 10.1. The lowest BCUT2D eigenvalue weighted by molar-refractivity contribution is -0.104. The topological polar surface area (TPSA) is 46.2 Å². The summed E-state index contributed by atoms with van der Waals surface area (Å²) >= 11 is 0. The van der Waals surface area contributed by atoms with Crippen LogP contribution in [-0.4, -0.2) is 19.2 Å². The van der Waals surface area contributed by atoms with E-state index in [1.807, 2.05) is 6.07 Å². The summed E-state index contributed by atoms with van der Waals surface area (Å²) in [6, 6.07) is 7.04. The zero-order chi connectivity index (χ0) is 10.4. The van der Waals surface area contributed by atoms with Crippen LogP contribution >= 0.6 is 0 Å². The monoisotopic (exact) mass is 189 g/mol. The molecule has 0 aromatic heterocycles. The van der Waals surface area contributed by atoms with Gasteiger partial charge in [-0.1, -0.05) is 18.2 Å². The van der Waals surface area contributed by atoms with E-state index >= 15 is 0 Å². The molecule has 1 N–H and O–H groups in total. The quantitative estimate of drug-likeness (QED) is 0.574.